The predicted molar refractivity (Wildman–Crippen MR) is 106 cm³/mol. The first-order valence-corrected chi connectivity index (χ1v) is 10.5. The highest BCUT2D eigenvalue weighted by Gasteiger charge is 2.30. The lowest BCUT2D eigenvalue weighted by molar-refractivity contribution is -0.138. The molecule has 1 saturated carbocycles. The highest BCUT2D eigenvalue weighted by atomic mass is 32.1. The number of aromatic nitrogens is 1. The molecule has 1 aliphatic carbocycles. The molecular formula is C21H27N3OS. The van der Waals surface area contributed by atoms with Crippen molar-refractivity contribution < 1.29 is 4.79 Å². The average Bonchev–Trinajstić information content (AvgIpc) is 2.91. The van der Waals surface area contributed by atoms with Crippen molar-refractivity contribution in [3.8, 4) is 10.6 Å². The molecule has 1 aromatic heterocycles. The Bertz CT molecular complexity index is 768. The Morgan fingerprint density at radius 1 is 1.15 bits per heavy atom. The molecule has 1 aromatic carbocycles. The molecule has 5 heteroatoms. The highest BCUT2D eigenvalue weighted by molar-refractivity contribution is 7.15. The fourth-order valence-electron chi connectivity index (χ4n) is 3.80. The van der Waals surface area contributed by atoms with E-state index >= 15 is 0 Å². The van der Waals surface area contributed by atoms with Gasteiger partial charge < -0.3 is 4.90 Å². The lowest BCUT2D eigenvalue weighted by Crippen LogP contribution is -2.41. The van der Waals surface area contributed by atoms with Crippen molar-refractivity contribution in [2.75, 3.05) is 26.2 Å². The molecule has 2 aromatic rings. The van der Waals surface area contributed by atoms with E-state index in [1.54, 1.807) is 11.3 Å². The molecule has 0 radical (unpaired) electrons. The molecule has 0 atom stereocenters. The molecule has 138 valence electrons. The summed E-state index contributed by atoms with van der Waals surface area (Å²) in [5, 5.41) is 1.11. The van der Waals surface area contributed by atoms with E-state index in [-0.39, 0.29) is 0 Å². The summed E-state index contributed by atoms with van der Waals surface area (Å²) in [7, 11) is 0. The quantitative estimate of drug-likeness (QED) is 0.819. The number of benzene rings is 1. The average molecular weight is 370 g/mol. The first kappa shape index (κ1) is 17.7. The number of rotatable bonds is 4. The number of amides is 1. The van der Waals surface area contributed by atoms with Gasteiger partial charge in [-0.15, -0.1) is 11.3 Å². The molecule has 0 unspecified atom stereocenters. The molecule has 1 saturated heterocycles. The Labute approximate surface area is 159 Å². The summed E-state index contributed by atoms with van der Waals surface area (Å²) in [4.78, 5) is 23.0. The van der Waals surface area contributed by atoms with Gasteiger partial charge in [0.1, 0.15) is 5.01 Å². The molecule has 0 bridgehead atoms. The number of hydrogen-bond donors (Lipinski definition) is 0. The molecule has 26 heavy (non-hydrogen) atoms. The van der Waals surface area contributed by atoms with E-state index in [2.05, 4.69) is 46.0 Å². The monoisotopic (exact) mass is 369 g/mol. The van der Waals surface area contributed by atoms with Crippen LogP contribution < -0.4 is 0 Å². The Morgan fingerprint density at radius 3 is 2.77 bits per heavy atom. The Morgan fingerprint density at radius 2 is 2.00 bits per heavy atom. The number of thiazole rings is 1. The van der Waals surface area contributed by atoms with Crippen LogP contribution >= 0.6 is 11.3 Å². The fourth-order valence-corrected chi connectivity index (χ4v) is 4.85. The van der Waals surface area contributed by atoms with Gasteiger partial charge in [-0.1, -0.05) is 30.7 Å². The zero-order valence-electron chi connectivity index (χ0n) is 15.5. The second kappa shape index (κ2) is 7.89. The molecule has 2 aliphatic rings. The van der Waals surface area contributed by atoms with E-state index in [9.17, 15) is 4.79 Å². The topological polar surface area (TPSA) is 36.4 Å². The van der Waals surface area contributed by atoms with Crippen molar-refractivity contribution in [2.24, 2.45) is 5.92 Å². The second-order valence-corrected chi connectivity index (χ2v) is 8.64. The van der Waals surface area contributed by atoms with Crippen molar-refractivity contribution in [1.82, 2.24) is 14.8 Å². The van der Waals surface area contributed by atoms with E-state index in [0.29, 0.717) is 11.8 Å². The molecule has 1 amide bonds. The van der Waals surface area contributed by atoms with Crippen LogP contribution in [0, 0.1) is 12.8 Å². The lowest BCUT2D eigenvalue weighted by Gasteiger charge is -2.31. The summed E-state index contributed by atoms with van der Waals surface area (Å²) in [6.45, 7) is 6.90. The fraction of sp³-hybridized carbons (Fsp3) is 0.524. The summed E-state index contributed by atoms with van der Waals surface area (Å²) < 4.78 is 0. The number of carbonyl (C=O) groups is 1. The van der Waals surface area contributed by atoms with E-state index in [4.69, 9.17) is 0 Å². The summed E-state index contributed by atoms with van der Waals surface area (Å²) in [6.07, 6.45) is 6.52. The van der Waals surface area contributed by atoms with Crippen LogP contribution in [0.25, 0.3) is 10.6 Å². The molecule has 2 fully saturated rings. The summed E-state index contributed by atoms with van der Waals surface area (Å²) in [5.41, 5.74) is 2.50. The highest BCUT2D eigenvalue weighted by Crippen LogP contribution is 2.30. The van der Waals surface area contributed by atoms with Gasteiger partial charge in [0.15, 0.2) is 0 Å². The summed E-state index contributed by atoms with van der Waals surface area (Å²) >= 11 is 1.79. The Balaban J connectivity index is 1.36. The van der Waals surface area contributed by atoms with Crippen LogP contribution in [0.3, 0.4) is 0 Å². The van der Waals surface area contributed by atoms with E-state index in [1.165, 1.54) is 22.4 Å². The third-order valence-electron chi connectivity index (χ3n) is 5.66. The van der Waals surface area contributed by atoms with Gasteiger partial charge in [-0.05, 0) is 31.7 Å². The van der Waals surface area contributed by atoms with Gasteiger partial charge in [-0.25, -0.2) is 4.98 Å². The first-order chi connectivity index (χ1) is 12.7. The van der Waals surface area contributed by atoms with Crippen LogP contribution in [0.4, 0.5) is 0 Å². The van der Waals surface area contributed by atoms with Crippen LogP contribution in [0.15, 0.2) is 30.5 Å². The molecule has 0 N–H and O–H groups in total. The van der Waals surface area contributed by atoms with E-state index in [1.807, 2.05) is 6.20 Å². The maximum Gasteiger partial charge on any atom is 0.225 e. The molecule has 0 spiro atoms. The largest absolute Gasteiger partial charge is 0.341 e. The molecule has 4 rings (SSSR count). The molecular weight excluding hydrogens is 342 g/mol. The maximum absolute atomic E-state index is 12.5. The Hall–Kier alpha value is -1.72. The molecule has 1 aliphatic heterocycles. The molecule has 2 heterocycles. The minimum atomic E-state index is 0.319. The van der Waals surface area contributed by atoms with Crippen molar-refractivity contribution in [3.05, 3.63) is 40.9 Å². The number of hydrogen-bond acceptors (Lipinski definition) is 4. The zero-order valence-corrected chi connectivity index (χ0v) is 16.3. The van der Waals surface area contributed by atoms with Crippen LogP contribution in [-0.4, -0.2) is 46.9 Å². The van der Waals surface area contributed by atoms with Crippen molar-refractivity contribution in [2.45, 2.75) is 39.2 Å². The van der Waals surface area contributed by atoms with Crippen LogP contribution in [0.1, 0.15) is 36.1 Å². The van der Waals surface area contributed by atoms with Gasteiger partial charge in [0.25, 0.3) is 0 Å². The minimum Gasteiger partial charge on any atom is -0.341 e. The second-order valence-electron chi connectivity index (χ2n) is 7.53. The Kier molecular flexibility index (Phi) is 5.36. The van der Waals surface area contributed by atoms with Gasteiger partial charge in [-0.3, -0.25) is 9.69 Å². The number of carbonyl (C=O) groups excluding carboxylic acids is 1. The SMILES string of the molecule is Cc1ccccc1-c1ncc(CN2CCCN(C(=O)C3CCC3)CC2)s1. The van der Waals surface area contributed by atoms with E-state index in [0.717, 1.165) is 57.0 Å². The maximum atomic E-state index is 12.5. The summed E-state index contributed by atoms with van der Waals surface area (Å²) in [6, 6.07) is 8.43. The van der Waals surface area contributed by atoms with Crippen LogP contribution in [0.2, 0.25) is 0 Å². The van der Waals surface area contributed by atoms with Gasteiger partial charge in [-0.2, -0.15) is 0 Å². The van der Waals surface area contributed by atoms with Gasteiger partial charge in [0.2, 0.25) is 5.91 Å². The minimum absolute atomic E-state index is 0.319. The molecule has 4 nitrogen and oxygen atoms in total. The van der Waals surface area contributed by atoms with Crippen LogP contribution in [-0.2, 0) is 11.3 Å². The van der Waals surface area contributed by atoms with Crippen LogP contribution in [0.5, 0.6) is 0 Å². The van der Waals surface area contributed by atoms with Crippen molar-refractivity contribution in [1.29, 1.82) is 0 Å². The van der Waals surface area contributed by atoms with Crippen molar-refractivity contribution >= 4 is 17.2 Å². The summed E-state index contributed by atoms with van der Waals surface area (Å²) in [5.74, 6) is 0.720. The van der Waals surface area contributed by atoms with Crippen molar-refractivity contribution in [3.63, 3.8) is 0 Å². The van der Waals surface area contributed by atoms with Gasteiger partial charge in [0, 0.05) is 55.3 Å². The number of nitrogens with zero attached hydrogens (tertiary/aromatic N) is 3. The van der Waals surface area contributed by atoms with Gasteiger partial charge in [0.05, 0.1) is 0 Å². The first-order valence-electron chi connectivity index (χ1n) is 9.72. The predicted octanol–water partition coefficient (Wildman–Crippen LogP) is 3.95. The lowest BCUT2D eigenvalue weighted by atomic mass is 9.84. The van der Waals surface area contributed by atoms with Gasteiger partial charge >= 0.3 is 0 Å². The number of aryl methyl sites for hydroxylation is 1. The smallest absolute Gasteiger partial charge is 0.225 e. The standard InChI is InChI=1S/C21H27N3OS/c1-16-6-2-3-9-19(16)20-22-14-18(26-20)15-23-10-5-11-24(13-12-23)21(25)17-7-4-8-17/h2-3,6,9,14,17H,4-5,7-8,10-13,15H2,1H3. The van der Waals surface area contributed by atoms with E-state index < -0.39 is 0 Å². The third-order valence-corrected chi connectivity index (χ3v) is 6.68. The normalized spacial score (nSPS) is 19.2. The zero-order chi connectivity index (χ0) is 17.9. The third kappa shape index (κ3) is 3.84.